The van der Waals surface area contributed by atoms with Gasteiger partial charge in [0.2, 0.25) is 0 Å². The van der Waals surface area contributed by atoms with Crippen LogP contribution in [0.4, 0.5) is 5.69 Å². The van der Waals surface area contributed by atoms with Crippen molar-refractivity contribution in [1.29, 1.82) is 0 Å². The van der Waals surface area contributed by atoms with Gasteiger partial charge in [-0.05, 0) is 62.2 Å². The third kappa shape index (κ3) is 4.92. The van der Waals surface area contributed by atoms with Gasteiger partial charge >= 0.3 is 5.97 Å². The van der Waals surface area contributed by atoms with Gasteiger partial charge in [-0.25, -0.2) is 8.42 Å². The van der Waals surface area contributed by atoms with Crippen LogP contribution >= 0.6 is 0 Å². The first-order valence-corrected chi connectivity index (χ1v) is 9.71. The number of carbonyl (C=O) groups is 2. The molecule has 0 aliphatic carbocycles. The summed E-state index contributed by atoms with van der Waals surface area (Å²) in [5, 5.41) is 10.9. The molecule has 0 fully saturated rings. The Morgan fingerprint density at radius 3 is 2.31 bits per heavy atom. The van der Waals surface area contributed by atoms with Gasteiger partial charge in [0, 0.05) is 17.7 Å². The quantitative estimate of drug-likeness (QED) is 0.774. The maximum Gasteiger partial charge on any atom is 0.303 e. The fourth-order valence-electron chi connectivity index (χ4n) is 2.33. The number of hydrogen-bond donors (Lipinski definition) is 2. The van der Waals surface area contributed by atoms with Crippen molar-refractivity contribution >= 4 is 27.4 Å². The highest BCUT2D eigenvalue weighted by Crippen LogP contribution is 2.18. The van der Waals surface area contributed by atoms with Gasteiger partial charge in [-0.2, -0.15) is 0 Å². The Labute approximate surface area is 152 Å². The average molecular weight is 375 g/mol. The molecule has 0 atom stereocenters. The first kappa shape index (κ1) is 19.7. The molecule has 2 N–H and O–H groups in total. The maximum absolute atomic E-state index is 12.3. The van der Waals surface area contributed by atoms with Crippen LogP contribution in [0.5, 0.6) is 0 Å². The van der Waals surface area contributed by atoms with E-state index in [0.717, 1.165) is 5.56 Å². The molecule has 0 unspecified atom stereocenters. The summed E-state index contributed by atoms with van der Waals surface area (Å²) in [7, 11) is -3.38. The van der Waals surface area contributed by atoms with E-state index < -0.39 is 21.1 Å². The van der Waals surface area contributed by atoms with Crippen molar-refractivity contribution in [2.75, 3.05) is 5.32 Å². The van der Waals surface area contributed by atoms with Crippen molar-refractivity contribution in [3.63, 3.8) is 0 Å². The molecular formula is C19H21NO5S. The van der Waals surface area contributed by atoms with E-state index in [9.17, 15) is 18.0 Å². The summed E-state index contributed by atoms with van der Waals surface area (Å²) in [4.78, 5) is 23.2. The van der Waals surface area contributed by atoms with Gasteiger partial charge in [0.05, 0.1) is 10.1 Å². The van der Waals surface area contributed by atoms with Crippen LogP contribution in [-0.4, -0.2) is 30.7 Å². The smallest absolute Gasteiger partial charge is 0.303 e. The van der Waals surface area contributed by atoms with Gasteiger partial charge in [-0.15, -0.1) is 0 Å². The molecule has 6 nitrogen and oxygen atoms in total. The molecule has 0 aliphatic rings. The van der Waals surface area contributed by atoms with Crippen LogP contribution in [-0.2, 0) is 21.1 Å². The number of carboxylic acids is 1. The molecule has 0 aliphatic heterocycles. The van der Waals surface area contributed by atoms with Crippen LogP contribution in [0.15, 0.2) is 53.4 Å². The first-order chi connectivity index (χ1) is 12.2. The molecule has 1 amide bonds. The van der Waals surface area contributed by atoms with Gasteiger partial charge in [-0.1, -0.05) is 12.1 Å². The number of hydrogen-bond acceptors (Lipinski definition) is 4. The van der Waals surface area contributed by atoms with Crippen LogP contribution < -0.4 is 5.32 Å². The lowest BCUT2D eigenvalue weighted by molar-refractivity contribution is -0.136. The third-order valence-electron chi connectivity index (χ3n) is 3.88. The zero-order valence-corrected chi connectivity index (χ0v) is 15.4. The van der Waals surface area contributed by atoms with Crippen molar-refractivity contribution in [2.45, 2.75) is 36.8 Å². The molecule has 0 heterocycles. The topological polar surface area (TPSA) is 101 Å². The molecule has 0 saturated carbocycles. The maximum atomic E-state index is 12.3. The van der Waals surface area contributed by atoms with E-state index in [2.05, 4.69) is 5.32 Å². The minimum atomic E-state index is -3.38. The standard InChI is InChI=1S/C19H21NO5S/c1-13(2)26(24,25)17-9-7-15(8-10-17)19(23)20-16-5-3-4-14(12-16)6-11-18(21)22/h3-5,7-10,12-13H,6,11H2,1-2H3,(H,20,23)(H,21,22). The number of rotatable bonds is 7. The van der Waals surface area contributed by atoms with Crippen molar-refractivity contribution in [3.05, 3.63) is 59.7 Å². The predicted molar refractivity (Wildman–Crippen MR) is 99.1 cm³/mol. The Balaban J connectivity index is 2.11. The number of carboxylic acid groups (broad SMARTS) is 1. The molecule has 2 aromatic rings. The molecule has 0 saturated heterocycles. The van der Waals surface area contributed by atoms with E-state index in [1.807, 2.05) is 0 Å². The zero-order valence-electron chi connectivity index (χ0n) is 14.6. The number of amides is 1. The minimum Gasteiger partial charge on any atom is -0.481 e. The highest BCUT2D eigenvalue weighted by molar-refractivity contribution is 7.92. The number of carbonyl (C=O) groups excluding carboxylic acids is 1. The Hall–Kier alpha value is -2.67. The van der Waals surface area contributed by atoms with Gasteiger partial charge in [0.15, 0.2) is 9.84 Å². The van der Waals surface area contributed by atoms with E-state index in [0.29, 0.717) is 17.7 Å². The van der Waals surface area contributed by atoms with Crippen molar-refractivity contribution in [1.82, 2.24) is 0 Å². The van der Waals surface area contributed by atoms with E-state index in [1.54, 1.807) is 38.1 Å². The van der Waals surface area contributed by atoms with Gasteiger partial charge < -0.3 is 10.4 Å². The Kier molecular flexibility index (Phi) is 6.15. The molecule has 0 bridgehead atoms. The SMILES string of the molecule is CC(C)S(=O)(=O)c1ccc(C(=O)Nc2cccc(CCC(=O)O)c2)cc1. The zero-order chi connectivity index (χ0) is 19.3. The van der Waals surface area contributed by atoms with Crippen LogP contribution in [0.1, 0.15) is 36.2 Å². The fraction of sp³-hybridized carbons (Fsp3) is 0.263. The molecule has 26 heavy (non-hydrogen) atoms. The average Bonchev–Trinajstić information content (AvgIpc) is 2.60. The fourth-order valence-corrected chi connectivity index (χ4v) is 3.39. The van der Waals surface area contributed by atoms with Crippen LogP contribution in [0.25, 0.3) is 0 Å². The largest absolute Gasteiger partial charge is 0.481 e. The summed E-state index contributed by atoms with van der Waals surface area (Å²) in [6.45, 7) is 3.21. The van der Waals surface area contributed by atoms with E-state index in [1.165, 1.54) is 24.3 Å². The lowest BCUT2D eigenvalue weighted by Crippen LogP contribution is -2.15. The van der Waals surface area contributed by atoms with Gasteiger partial charge in [0.25, 0.3) is 5.91 Å². The Morgan fingerprint density at radius 2 is 1.73 bits per heavy atom. The van der Waals surface area contributed by atoms with Crippen LogP contribution in [0.3, 0.4) is 0 Å². The Bertz CT molecular complexity index is 902. The Morgan fingerprint density at radius 1 is 1.08 bits per heavy atom. The minimum absolute atomic E-state index is 0.0171. The monoisotopic (exact) mass is 375 g/mol. The number of nitrogens with one attached hydrogen (secondary N) is 1. The number of sulfone groups is 1. The van der Waals surface area contributed by atoms with Crippen molar-refractivity contribution in [3.8, 4) is 0 Å². The predicted octanol–water partition coefficient (Wildman–Crippen LogP) is 3.14. The first-order valence-electron chi connectivity index (χ1n) is 8.16. The molecule has 0 spiro atoms. The normalized spacial score (nSPS) is 11.3. The number of benzene rings is 2. The second-order valence-electron chi connectivity index (χ2n) is 6.17. The summed E-state index contributed by atoms with van der Waals surface area (Å²) in [6, 6.07) is 12.8. The molecule has 0 radical (unpaired) electrons. The molecular weight excluding hydrogens is 354 g/mol. The number of anilines is 1. The molecule has 138 valence electrons. The third-order valence-corrected chi connectivity index (χ3v) is 6.05. The van der Waals surface area contributed by atoms with Gasteiger partial charge in [-0.3, -0.25) is 9.59 Å². The highest BCUT2D eigenvalue weighted by atomic mass is 32.2. The summed E-state index contributed by atoms with van der Waals surface area (Å²) < 4.78 is 24.2. The van der Waals surface area contributed by atoms with Crippen molar-refractivity contribution in [2.24, 2.45) is 0 Å². The summed E-state index contributed by atoms with van der Waals surface area (Å²) in [5.74, 6) is -1.25. The highest BCUT2D eigenvalue weighted by Gasteiger charge is 2.19. The van der Waals surface area contributed by atoms with Crippen molar-refractivity contribution < 1.29 is 23.1 Å². The second kappa shape index (κ2) is 8.14. The number of aliphatic carboxylic acids is 1. The molecule has 2 aromatic carbocycles. The second-order valence-corrected chi connectivity index (χ2v) is 8.67. The number of aryl methyl sites for hydroxylation is 1. The van der Waals surface area contributed by atoms with E-state index >= 15 is 0 Å². The summed E-state index contributed by atoms with van der Waals surface area (Å²) in [6.07, 6.45) is 0.393. The van der Waals surface area contributed by atoms with E-state index in [-0.39, 0.29) is 17.2 Å². The summed E-state index contributed by atoms with van der Waals surface area (Å²) in [5.41, 5.74) is 1.70. The summed E-state index contributed by atoms with van der Waals surface area (Å²) >= 11 is 0. The van der Waals surface area contributed by atoms with Crippen LogP contribution in [0.2, 0.25) is 0 Å². The molecule has 0 aromatic heterocycles. The lowest BCUT2D eigenvalue weighted by atomic mass is 10.1. The van der Waals surface area contributed by atoms with Crippen LogP contribution in [0, 0.1) is 0 Å². The molecule has 7 heteroatoms. The molecule has 2 rings (SSSR count). The van der Waals surface area contributed by atoms with E-state index in [4.69, 9.17) is 5.11 Å². The lowest BCUT2D eigenvalue weighted by Gasteiger charge is -2.10. The van der Waals surface area contributed by atoms with Gasteiger partial charge in [0.1, 0.15) is 0 Å².